The zero-order valence-corrected chi connectivity index (χ0v) is 23.1. The average Bonchev–Trinajstić information content (AvgIpc) is 3.50. The topological polar surface area (TPSA) is 135 Å². The van der Waals surface area contributed by atoms with Crippen molar-refractivity contribution < 1.29 is 37.6 Å². The Kier molecular flexibility index (Phi) is 9.97. The second-order valence-corrected chi connectivity index (χ2v) is 12.5. The van der Waals surface area contributed by atoms with Crippen molar-refractivity contribution in [3.8, 4) is 0 Å². The van der Waals surface area contributed by atoms with Crippen LogP contribution in [0.5, 0.6) is 0 Å². The van der Waals surface area contributed by atoms with Crippen molar-refractivity contribution in [2.24, 2.45) is 5.92 Å². The van der Waals surface area contributed by atoms with Gasteiger partial charge in [0.1, 0.15) is 12.9 Å². The van der Waals surface area contributed by atoms with Crippen molar-refractivity contribution in [1.29, 1.82) is 0 Å². The highest BCUT2D eigenvalue weighted by Gasteiger charge is 2.42. The number of fused-ring (bicyclic) bond motifs is 1. The molecule has 2 aromatic carbocycles. The Morgan fingerprint density at radius 3 is 2.26 bits per heavy atom. The maximum Gasteiger partial charge on any atom is 0.407 e. The van der Waals surface area contributed by atoms with E-state index in [4.69, 9.17) is 14.2 Å². The summed E-state index contributed by atoms with van der Waals surface area (Å²) in [6, 6.07) is 14.5. The molecule has 1 heterocycles. The highest BCUT2D eigenvalue weighted by atomic mass is 32.2. The summed E-state index contributed by atoms with van der Waals surface area (Å²) in [7, 11) is -3.96. The van der Waals surface area contributed by atoms with E-state index in [0.29, 0.717) is 18.4 Å². The van der Waals surface area contributed by atoms with Crippen molar-refractivity contribution in [1.82, 2.24) is 9.62 Å². The number of ether oxygens (including phenoxy) is 3. The second-order valence-electron chi connectivity index (χ2n) is 10.6. The third kappa shape index (κ3) is 7.77. The van der Waals surface area contributed by atoms with Crippen molar-refractivity contribution in [2.45, 2.75) is 75.1 Å². The minimum absolute atomic E-state index is 0.0135. The van der Waals surface area contributed by atoms with Gasteiger partial charge in [0, 0.05) is 25.9 Å². The van der Waals surface area contributed by atoms with Gasteiger partial charge in [-0.1, -0.05) is 56.3 Å². The first-order chi connectivity index (χ1) is 18.7. The first kappa shape index (κ1) is 29.4. The van der Waals surface area contributed by atoms with Crippen molar-refractivity contribution in [3.63, 3.8) is 0 Å². The van der Waals surface area contributed by atoms with Gasteiger partial charge in [0.15, 0.2) is 0 Å². The van der Waals surface area contributed by atoms with Crippen LogP contribution in [0.15, 0.2) is 59.5 Å². The molecular formula is C28H38N2O8S. The molecule has 39 heavy (non-hydrogen) atoms. The molecule has 2 aromatic rings. The number of aliphatic hydroxyl groups is 2. The van der Waals surface area contributed by atoms with E-state index in [0.717, 1.165) is 5.56 Å². The van der Waals surface area contributed by atoms with Gasteiger partial charge in [-0.25, -0.2) is 13.2 Å². The van der Waals surface area contributed by atoms with E-state index in [1.165, 1.54) is 16.4 Å². The van der Waals surface area contributed by atoms with Gasteiger partial charge in [-0.3, -0.25) is 0 Å². The van der Waals surface area contributed by atoms with Crippen LogP contribution in [0.3, 0.4) is 0 Å². The molecule has 1 saturated carbocycles. The van der Waals surface area contributed by atoms with Crippen molar-refractivity contribution in [3.05, 3.63) is 65.7 Å². The van der Waals surface area contributed by atoms with Crippen LogP contribution in [0.25, 0.3) is 0 Å². The van der Waals surface area contributed by atoms with E-state index in [9.17, 15) is 23.4 Å². The van der Waals surface area contributed by atoms with Gasteiger partial charge in [-0.2, -0.15) is 4.31 Å². The number of nitrogens with one attached hydrogen (secondary N) is 1. The van der Waals surface area contributed by atoms with Gasteiger partial charge in [-0.05, 0) is 35.6 Å². The van der Waals surface area contributed by atoms with Crippen LogP contribution in [0.2, 0.25) is 0 Å². The molecule has 2 fully saturated rings. The van der Waals surface area contributed by atoms with Crippen LogP contribution in [0.4, 0.5) is 4.79 Å². The predicted molar refractivity (Wildman–Crippen MR) is 143 cm³/mol. The lowest BCUT2D eigenvalue weighted by atomic mass is 10.0. The molecule has 4 rings (SSSR count). The predicted octanol–water partition coefficient (Wildman–Crippen LogP) is 2.43. The van der Waals surface area contributed by atoms with Crippen LogP contribution in [-0.2, 0) is 37.3 Å². The van der Waals surface area contributed by atoms with Crippen LogP contribution in [0.1, 0.15) is 37.8 Å². The minimum atomic E-state index is -3.96. The molecule has 10 nitrogen and oxygen atoms in total. The Morgan fingerprint density at radius 2 is 1.67 bits per heavy atom. The Hall–Kier alpha value is -2.54. The molecule has 0 aromatic heterocycles. The lowest BCUT2D eigenvalue weighted by Crippen LogP contribution is -2.51. The second kappa shape index (κ2) is 13.2. The summed E-state index contributed by atoms with van der Waals surface area (Å²) in [5, 5.41) is 23.4. The Bertz CT molecular complexity index is 1160. The van der Waals surface area contributed by atoms with Gasteiger partial charge in [-0.15, -0.1) is 0 Å². The fourth-order valence-corrected chi connectivity index (χ4v) is 6.62. The zero-order valence-electron chi connectivity index (χ0n) is 22.3. The number of hydrogen-bond acceptors (Lipinski definition) is 8. The molecule has 0 bridgehead atoms. The highest BCUT2D eigenvalue weighted by molar-refractivity contribution is 7.89. The molecule has 1 saturated heterocycles. The van der Waals surface area contributed by atoms with Crippen molar-refractivity contribution in [2.75, 3.05) is 19.9 Å². The number of nitrogens with zero attached hydrogens (tertiary/aromatic N) is 1. The molecule has 1 aliphatic carbocycles. The highest BCUT2D eigenvalue weighted by Crippen LogP contribution is 2.31. The Labute approximate surface area is 229 Å². The number of carbonyl (C=O) groups is 1. The first-order valence-corrected chi connectivity index (χ1v) is 14.7. The number of sulfonamides is 1. The molecule has 1 unspecified atom stereocenters. The molecule has 1 aliphatic heterocycles. The van der Waals surface area contributed by atoms with Gasteiger partial charge < -0.3 is 29.7 Å². The molecule has 0 spiro atoms. The zero-order chi connectivity index (χ0) is 28.0. The SMILES string of the molecule is CC(C)CN(C[C@@H](O)[C@H](Cc1ccccc1)NC(=O)OC1C[C@@H]2OCO[C@@H]2C1)S(=O)(=O)c1ccc(CO)cc1. The molecule has 2 aliphatic rings. The quantitative estimate of drug-likeness (QED) is 0.359. The standard InChI is InChI=1S/C28H38N2O8S/c1-19(2)15-30(39(34,35)23-10-8-21(17-31)9-11-23)16-25(32)24(12-20-6-4-3-5-7-20)29-28(33)38-22-13-26-27(14-22)37-18-36-26/h3-11,19,22,24-27,31-32H,12-18H2,1-2H3,(H,29,33)/t22?,24-,25+,26-,27+/m0/s1. The summed E-state index contributed by atoms with van der Waals surface area (Å²) in [6.45, 7) is 3.79. The molecule has 1 amide bonds. The van der Waals surface area contributed by atoms with Gasteiger partial charge in [0.25, 0.3) is 0 Å². The first-order valence-electron chi connectivity index (χ1n) is 13.3. The van der Waals surface area contributed by atoms with E-state index in [2.05, 4.69) is 5.32 Å². The molecule has 214 valence electrons. The maximum absolute atomic E-state index is 13.5. The third-order valence-electron chi connectivity index (χ3n) is 7.01. The summed E-state index contributed by atoms with van der Waals surface area (Å²) in [4.78, 5) is 13.0. The number of benzene rings is 2. The third-order valence-corrected chi connectivity index (χ3v) is 8.86. The van der Waals surface area contributed by atoms with Crippen molar-refractivity contribution >= 4 is 16.1 Å². The molecule has 11 heteroatoms. The molecular weight excluding hydrogens is 524 g/mol. The minimum Gasteiger partial charge on any atom is -0.446 e. The van der Waals surface area contributed by atoms with Crippen LogP contribution in [-0.4, -0.2) is 79.4 Å². The van der Waals surface area contributed by atoms with E-state index < -0.39 is 28.3 Å². The normalized spacial score (nSPS) is 22.6. The fraction of sp³-hybridized carbons (Fsp3) is 0.536. The molecule has 3 N–H and O–H groups in total. The number of aliphatic hydroxyl groups excluding tert-OH is 2. The largest absolute Gasteiger partial charge is 0.446 e. The van der Waals surface area contributed by atoms with Crippen LogP contribution in [0, 0.1) is 5.92 Å². The summed E-state index contributed by atoms with van der Waals surface area (Å²) < 4.78 is 45.0. The number of alkyl carbamates (subject to hydrolysis) is 1. The Balaban J connectivity index is 1.49. The summed E-state index contributed by atoms with van der Waals surface area (Å²) >= 11 is 0. The van der Waals surface area contributed by atoms with Gasteiger partial charge in [0.05, 0.1) is 35.9 Å². The number of carbonyl (C=O) groups excluding carboxylic acids is 1. The number of rotatable bonds is 12. The van der Waals surface area contributed by atoms with Crippen LogP contribution < -0.4 is 5.32 Å². The maximum atomic E-state index is 13.5. The summed E-state index contributed by atoms with van der Waals surface area (Å²) in [6.07, 6.45) is -1.09. The van der Waals surface area contributed by atoms with Gasteiger partial charge in [0.2, 0.25) is 10.0 Å². The van der Waals surface area contributed by atoms with Gasteiger partial charge >= 0.3 is 6.09 Å². The molecule has 5 atom stereocenters. The van der Waals surface area contributed by atoms with E-state index in [1.807, 2.05) is 44.2 Å². The molecule has 0 radical (unpaired) electrons. The summed E-state index contributed by atoms with van der Waals surface area (Å²) in [5.74, 6) is -0.0135. The average molecular weight is 563 g/mol. The Morgan fingerprint density at radius 1 is 1.03 bits per heavy atom. The number of hydrogen-bond donors (Lipinski definition) is 3. The fourth-order valence-electron chi connectivity index (χ4n) is 5.00. The monoisotopic (exact) mass is 562 g/mol. The smallest absolute Gasteiger partial charge is 0.407 e. The number of amides is 1. The van der Waals surface area contributed by atoms with Crippen LogP contribution >= 0.6 is 0 Å². The lowest BCUT2D eigenvalue weighted by Gasteiger charge is -2.31. The van der Waals surface area contributed by atoms with E-state index >= 15 is 0 Å². The van der Waals surface area contributed by atoms with E-state index in [-0.39, 0.29) is 62.0 Å². The lowest BCUT2D eigenvalue weighted by molar-refractivity contribution is 0.00201. The van der Waals surface area contributed by atoms with E-state index in [1.54, 1.807) is 12.1 Å². The summed E-state index contributed by atoms with van der Waals surface area (Å²) in [5.41, 5.74) is 1.47.